The van der Waals surface area contributed by atoms with E-state index in [1.165, 1.54) is 0 Å². The van der Waals surface area contributed by atoms with Crippen molar-refractivity contribution in [3.8, 4) is 0 Å². The summed E-state index contributed by atoms with van der Waals surface area (Å²) in [6.45, 7) is 9.17. The first-order valence-electron chi connectivity index (χ1n) is 7.17. The quantitative estimate of drug-likeness (QED) is 0.693. The van der Waals surface area contributed by atoms with Crippen LogP contribution in [0.3, 0.4) is 0 Å². The number of nitrogens with one attached hydrogen (secondary N) is 1. The third-order valence-corrected chi connectivity index (χ3v) is 4.93. The molecule has 0 saturated heterocycles. The van der Waals surface area contributed by atoms with E-state index in [0.29, 0.717) is 37.7 Å². The van der Waals surface area contributed by atoms with Gasteiger partial charge in [-0.2, -0.15) is 5.10 Å². The van der Waals surface area contributed by atoms with E-state index in [1.807, 2.05) is 6.92 Å². The predicted octanol–water partition coefficient (Wildman–Crippen LogP) is 0.552. The maximum Gasteiger partial charge on any atom is 0.244 e. The zero-order valence-corrected chi connectivity index (χ0v) is 14.0. The summed E-state index contributed by atoms with van der Waals surface area (Å²) < 4.78 is 34.5. The van der Waals surface area contributed by atoms with Gasteiger partial charge in [0.2, 0.25) is 10.0 Å². The van der Waals surface area contributed by atoms with Crippen LogP contribution in [0, 0.1) is 13.8 Å². The van der Waals surface area contributed by atoms with Gasteiger partial charge >= 0.3 is 0 Å². The summed E-state index contributed by atoms with van der Waals surface area (Å²) in [4.78, 5) is 0.253. The minimum atomic E-state index is -3.60. The zero-order valence-electron chi connectivity index (χ0n) is 13.2. The molecule has 0 fully saturated rings. The predicted molar refractivity (Wildman–Crippen MR) is 81.6 cm³/mol. The average Bonchev–Trinajstić information content (AvgIpc) is 2.68. The van der Waals surface area contributed by atoms with Crippen LogP contribution in [0.5, 0.6) is 0 Å². The number of ether oxygens (including phenoxy) is 1. The molecule has 122 valence electrons. The average molecular weight is 318 g/mol. The van der Waals surface area contributed by atoms with Gasteiger partial charge in [0, 0.05) is 19.2 Å². The molecule has 21 heavy (non-hydrogen) atoms. The van der Waals surface area contributed by atoms with Crippen LogP contribution in [0.2, 0.25) is 0 Å². The molecule has 1 heterocycles. The molecule has 0 saturated carbocycles. The van der Waals surface area contributed by atoms with Gasteiger partial charge in [0.05, 0.1) is 18.0 Å². The van der Waals surface area contributed by atoms with Crippen molar-refractivity contribution in [2.24, 2.45) is 5.73 Å². The van der Waals surface area contributed by atoms with Crippen molar-refractivity contribution >= 4 is 10.0 Å². The van der Waals surface area contributed by atoms with Crippen molar-refractivity contribution in [3.63, 3.8) is 0 Å². The Hall–Kier alpha value is -0.960. The van der Waals surface area contributed by atoms with Crippen LogP contribution in [-0.2, 0) is 21.3 Å². The van der Waals surface area contributed by atoms with E-state index >= 15 is 0 Å². The smallest absolute Gasteiger partial charge is 0.244 e. The van der Waals surface area contributed by atoms with Crippen LogP contribution in [0.1, 0.15) is 31.7 Å². The molecule has 0 aliphatic rings. The lowest BCUT2D eigenvalue weighted by molar-refractivity contribution is 0.133. The van der Waals surface area contributed by atoms with Crippen LogP contribution < -0.4 is 10.5 Å². The van der Waals surface area contributed by atoms with Gasteiger partial charge in [-0.15, -0.1) is 0 Å². The Morgan fingerprint density at radius 2 is 2.10 bits per heavy atom. The van der Waals surface area contributed by atoms with Crippen molar-refractivity contribution in [1.29, 1.82) is 0 Å². The van der Waals surface area contributed by atoms with E-state index in [2.05, 4.69) is 9.82 Å². The minimum absolute atomic E-state index is 0.253. The van der Waals surface area contributed by atoms with E-state index in [4.69, 9.17) is 10.5 Å². The highest BCUT2D eigenvalue weighted by molar-refractivity contribution is 7.89. The highest BCUT2D eigenvalue weighted by Gasteiger charge is 2.25. The maximum absolute atomic E-state index is 12.5. The van der Waals surface area contributed by atoms with E-state index in [-0.39, 0.29) is 10.9 Å². The van der Waals surface area contributed by atoms with E-state index in [9.17, 15) is 8.42 Å². The summed E-state index contributed by atoms with van der Waals surface area (Å²) in [5.41, 5.74) is 6.62. The van der Waals surface area contributed by atoms with Crippen LogP contribution >= 0.6 is 0 Å². The van der Waals surface area contributed by atoms with Gasteiger partial charge in [0.15, 0.2) is 0 Å². The molecule has 0 spiro atoms. The lowest BCUT2D eigenvalue weighted by Gasteiger charge is -2.14. The monoisotopic (exact) mass is 318 g/mol. The third-order valence-electron chi connectivity index (χ3n) is 3.09. The lowest BCUT2D eigenvalue weighted by atomic mass is 10.4. The Balaban J connectivity index is 2.95. The molecule has 0 aliphatic carbocycles. The first-order chi connectivity index (χ1) is 9.83. The van der Waals surface area contributed by atoms with Crippen LogP contribution in [0.15, 0.2) is 4.90 Å². The molecule has 3 N–H and O–H groups in total. The molecular formula is C13H26N4O3S. The number of aryl methyl sites for hydroxylation is 2. The minimum Gasteiger partial charge on any atom is -0.380 e. The van der Waals surface area contributed by atoms with Gasteiger partial charge in [-0.05, 0) is 40.7 Å². The van der Waals surface area contributed by atoms with Gasteiger partial charge in [-0.25, -0.2) is 13.1 Å². The number of nitrogens with zero attached hydrogens (tertiary/aromatic N) is 2. The highest BCUT2D eigenvalue weighted by Crippen LogP contribution is 2.19. The fraction of sp³-hybridized carbons (Fsp3) is 0.769. The first kappa shape index (κ1) is 18.1. The summed E-state index contributed by atoms with van der Waals surface area (Å²) in [6.07, 6.45) is 0.760. The molecule has 0 aromatic carbocycles. The second-order valence-corrected chi connectivity index (χ2v) is 6.70. The maximum atomic E-state index is 12.5. The third kappa shape index (κ3) is 4.77. The number of aromatic nitrogens is 2. The van der Waals surface area contributed by atoms with Crippen LogP contribution in [0.4, 0.5) is 0 Å². The Labute approximate surface area is 126 Å². The molecule has 0 bridgehead atoms. The number of sulfonamides is 1. The molecule has 1 rings (SSSR count). The van der Waals surface area contributed by atoms with Gasteiger partial charge in [0.25, 0.3) is 0 Å². The summed E-state index contributed by atoms with van der Waals surface area (Å²) >= 11 is 0. The van der Waals surface area contributed by atoms with E-state index in [0.717, 1.165) is 6.42 Å². The standard InChI is InChI=1S/C13H26N4O3S/c1-5-20-9-10(2)16-21(18,19)13-11(3)15-17(12(13)4)8-6-7-14/h10,16H,5-9,14H2,1-4H3. The molecule has 1 atom stereocenters. The second-order valence-electron chi connectivity index (χ2n) is 5.05. The van der Waals surface area contributed by atoms with Gasteiger partial charge in [-0.1, -0.05) is 0 Å². The van der Waals surface area contributed by atoms with Crippen molar-refractivity contribution in [1.82, 2.24) is 14.5 Å². The molecule has 0 radical (unpaired) electrons. The van der Waals surface area contributed by atoms with Crippen molar-refractivity contribution in [2.75, 3.05) is 19.8 Å². The topological polar surface area (TPSA) is 99.2 Å². The fourth-order valence-electron chi connectivity index (χ4n) is 2.18. The zero-order chi connectivity index (χ0) is 16.0. The number of rotatable bonds is 9. The first-order valence-corrected chi connectivity index (χ1v) is 8.66. The van der Waals surface area contributed by atoms with Crippen LogP contribution in [0.25, 0.3) is 0 Å². The van der Waals surface area contributed by atoms with E-state index in [1.54, 1.807) is 25.5 Å². The molecule has 7 nitrogen and oxygen atoms in total. The van der Waals surface area contributed by atoms with Crippen molar-refractivity contribution < 1.29 is 13.2 Å². The normalized spacial score (nSPS) is 13.6. The van der Waals surface area contributed by atoms with Gasteiger partial charge in [-0.3, -0.25) is 4.68 Å². The Bertz CT molecular complexity index is 554. The summed E-state index contributed by atoms with van der Waals surface area (Å²) in [5, 5.41) is 4.29. The lowest BCUT2D eigenvalue weighted by Crippen LogP contribution is -2.36. The second kappa shape index (κ2) is 7.88. The van der Waals surface area contributed by atoms with Crippen molar-refractivity contribution in [3.05, 3.63) is 11.4 Å². The van der Waals surface area contributed by atoms with E-state index < -0.39 is 10.0 Å². The van der Waals surface area contributed by atoms with Crippen molar-refractivity contribution in [2.45, 2.75) is 51.6 Å². The van der Waals surface area contributed by atoms with Gasteiger partial charge < -0.3 is 10.5 Å². The number of nitrogens with two attached hydrogens (primary N) is 1. The molecule has 0 amide bonds. The summed E-state index contributed by atoms with van der Waals surface area (Å²) in [6, 6.07) is -0.291. The SMILES string of the molecule is CCOCC(C)NS(=O)(=O)c1c(C)nn(CCCN)c1C. The summed E-state index contributed by atoms with van der Waals surface area (Å²) in [7, 11) is -3.60. The molecule has 1 aromatic rings. The number of hydrogen-bond acceptors (Lipinski definition) is 5. The Morgan fingerprint density at radius 1 is 1.43 bits per heavy atom. The fourth-order valence-corrected chi connectivity index (χ4v) is 3.82. The summed E-state index contributed by atoms with van der Waals surface area (Å²) in [5.74, 6) is 0. The van der Waals surface area contributed by atoms with Crippen LogP contribution in [-0.4, -0.2) is 44.0 Å². The molecule has 8 heteroatoms. The van der Waals surface area contributed by atoms with Gasteiger partial charge in [0.1, 0.15) is 4.90 Å². The Kier molecular flexibility index (Phi) is 6.79. The molecule has 1 aromatic heterocycles. The molecule has 0 aliphatic heterocycles. The highest BCUT2D eigenvalue weighted by atomic mass is 32.2. The Morgan fingerprint density at radius 3 is 2.67 bits per heavy atom. The molecular weight excluding hydrogens is 292 g/mol. The molecule has 1 unspecified atom stereocenters. The largest absolute Gasteiger partial charge is 0.380 e. The number of hydrogen-bond donors (Lipinski definition) is 2.